The number of carbonyl (C=O) groups excluding carboxylic acids is 2. The van der Waals surface area contributed by atoms with Crippen molar-refractivity contribution < 1.29 is 46.1 Å². The number of carbonyl (C=O) groups is 2. The third kappa shape index (κ3) is 4.91. The van der Waals surface area contributed by atoms with Crippen LogP contribution in [-0.2, 0) is 14.8 Å². The van der Waals surface area contributed by atoms with Crippen molar-refractivity contribution in [2.45, 2.75) is 5.51 Å². The van der Waals surface area contributed by atoms with E-state index in [1.54, 1.807) is 0 Å². The summed E-state index contributed by atoms with van der Waals surface area (Å²) in [6.07, 6.45) is 0. The Morgan fingerprint density at radius 2 is 1.79 bits per heavy atom. The molecule has 0 spiro atoms. The Balaban J connectivity index is 2.93. The summed E-state index contributed by atoms with van der Waals surface area (Å²) in [4.78, 5) is 23.1. The number of aliphatic hydroxyl groups excluding tert-OH is 2. The highest BCUT2D eigenvalue weighted by atomic mass is 32.2. The first-order valence-corrected chi connectivity index (χ1v) is 7.67. The normalized spacial score (nSPS) is 12.1. The molecule has 3 N–H and O–H groups in total. The molecule has 24 heavy (non-hydrogen) atoms. The zero-order valence-electron chi connectivity index (χ0n) is 11.8. The highest BCUT2D eigenvalue weighted by Gasteiger charge is 2.47. The van der Waals surface area contributed by atoms with Crippen LogP contribution in [-0.4, -0.2) is 49.2 Å². The first-order valence-electron chi connectivity index (χ1n) is 6.18. The number of halogens is 3. The van der Waals surface area contributed by atoms with Gasteiger partial charge < -0.3 is 14.9 Å². The van der Waals surface area contributed by atoms with E-state index in [0.29, 0.717) is 0 Å². The largest absolute Gasteiger partial charge is 0.516 e. The van der Waals surface area contributed by atoms with Crippen LogP contribution in [0, 0.1) is 5.92 Å². The molecule has 0 radical (unpaired) electrons. The van der Waals surface area contributed by atoms with Gasteiger partial charge in [0, 0.05) is 5.56 Å². The van der Waals surface area contributed by atoms with Gasteiger partial charge in [-0.1, -0.05) is 6.07 Å². The number of esters is 1. The molecule has 0 heterocycles. The van der Waals surface area contributed by atoms with Crippen molar-refractivity contribution in [2.24, 2.45) is 5.92 Å². The molecule has 0 aromatic heterocycles. The van der Waals surface area contributed by atoms with Crippen molar-refractivity contribution in [1.82, 2.24) is 4.72 Å². The summed E-state index contributed by atoms with van der Waals surface area (Å²) in [5, 5.41) is 17.6. The van der Waals surface area contributed by atoms with Gasteiger partial charge in [0.1, 0.15) is 11.7 Å². The molecule has 0 aliphatic rings. The summed E-state index contributed by atoms with van der Waals surface area (Å²) in [7, 11) is -5.88. The van der Waals surface area contributed by atoms with Crippen molar-refractivity contribution >= 4 is 21.9 Å². The molecule has 0 bridgehead atoms. The summed E-state index contributed by atoms with van der Waals surface area (Å²) in [6.45, 7) is -1.42. The van der Waals surface area contributed by atoms with Gasteiger partial charge in [-0.05, 0) is 18.2 Å². The van der Waals surface area contributed by atoms with E-state index in [2.05, 4.69) is 0 Å². The summed E-state index contributed by atoms with van der Waals surface area (Å²) in [6, 6.07) is 4.11. The number of sulfonamides is 1. The Hall–Kier alpha value is -2.18. The molecule has 0 aliphatic carbocycles. The van der Waals surface area contributed by atoms with E-state index >= 15 is 0 Å². The van der Waals surface area contributed by atoms with Crippen LogP contribution in [0.15, 0.2) is 24.3 Å². The van der Waals surface area contributed by atoms with Crippen molar-refractivity contribution in [1.29, 1.82) is 0 Å². The van der Waals surface area contributed by atoms with E-state index in [1.807, 2.05) is 0 Å². The smallest absolute Gasteiger partial charge is 0.426 e. The van der Waals surface area contributed by atoms with Crippen LogP contribution in [0.1, 0.15) is 10.4 Å². The van der Waals surface area contributed by atoms with Gasteiger partial charge in [0.2, 0.25) is 0 Å². The summed E-state index contributed by atoms with van der Waals surface area (Å²) >= 11 is 0. The third-order valence-electron chi connectivity index (χ3n) is 2.62. The average Bonchev–Trinajstić information content (AvgIpc) is 2.47. The number of aliphatic hydroxyl groups is 2. The van der Waals surface area contributed by atoms with Crippen LogP contribution in [0.2, 0.25) is 0 Å². The fourth-order valence-electron chi connectivity index (χ4n) is 1.35. The zero-order valence-corrected chi connectivity index (χ0v) is 12.6. The lowest BCUT2D eigenvalue weighted by molar-refractivity contribution is -0.141. The van der Waals surface area contributed by atoms with Crippen molar-refractivity contribution in [3.8, 4) is 5.75 Å². The minimum atomic E-state index is -5.88. The molecule has 1 amide bonds. The fraction of sp³-hybridized carbons (Fsp3) is 0.333. The van der Waals surface area contributed by atoms with Gasteiger partial charge in [0.15, 0.2) is 0 Å². The first kappa shape index (κ1) is 19.9. The Morgan fingerprint density at radius 3 is 2.29 bits per heavy atom. The second-order valence-corrected chi connectivity index (χ2v) is 6.07. The second kappa shape index (κ2) is 7.59. The van der Waals surface area contributed by atoms with Gasteiger partial charge in [-0.15, -0.1) is 0 Å². The predicted molar refractivity (Wildman–Crippen MR) is 72.2 cm³/mol. The van der Waals surface area contributed by atoms with E-state index in [-0.39, 0.29) is 5.75 Å². The van der Waals surface area contributed by atoms with Crippen molar-refractivity contribution in [3.05, 3.63) is 29.8 Å². The molecule has 0 atom stereocenters. The number of amides is 1. The van der Waals surface area contributed by atoms with Gasteiger partial charge in [0.25, 0.3) is 5.91 Å². The Labute approximate surface area is 133 Å². The van der Waals surface area contributed by atoms with E-state index in [1.165, 1.54) is 6.07 Å². The molecule has 8 nitrogen and oxygen atoms in total. The van der Waals surface area contributed by atoms with Crippen LogP contribution in [0.5, 0.6) is 5.75 Å². The lowest BCUT2D eigenvalue weighted by Gasteiger charge is -2.12. The second-order valence-electron chi connectivity index (χ2n) is 4.39. The number of benzene rings is 1. The highest BCUT2D eigenvalue weighted by Crippen LogP contribution is 2.22. The molecule has 12 heteroatoms. The lowest BCUT2D eigenvalue weighted by atomic mass is 10.2. The maximum Gasteiger partial charge on any atom is 0.516 e. The van der Waals surface area contributed by atoms with Crippen LogP contribution in [0.25, 0.3) is 0 Å². The van der Waals surface area contributed by atoms with Crippen LogP contribution >= 0.6 is 0 Å². The Bertz CT molecular complexity index is 714. The van der Waals surface area contributed by atoms with Gasteiger partial charge in [0.05, 0.1) is 13.2 Å². The molecule has 134 valence electrons. The number of nitrogens with one attached hydrogen (secondary N) is 1. The minimum absolute atomic E-state index is 0.288. The van der Waals surface area contributed by atoms with E-state index in [0.717, 1.165) is 22.9 Å². The molecule has 1 aromatic rings. The van der Waals surface area contributed by atoms with Gasteiger partial charge >= 0.3 is 21.5 Å². The van der Waals surface area contributed by atoms with E-state index in [4.69, 9.17) is 14.9 Å². The summed E-state index contributed by atoms with van der Waals surface area (Å²) in [5.41, 5.74) is -6.18. The topological polar surface area (TPSA) is 130 Å². The quantitative estimate of drug-likeness (QED) is 0.465. The highest BCUT2D eigenvalue weighted by molar-refractivity contribution is 7.90. The minimum Gasteiger partial charge on any atom is -0.426 e. The molecule has 0 aliphatic heterocycles. The predicted octanol–water partition coefficient (Wildman–Crippen LogP) is -0.228. The summed E-state index contributed by atoms with van der Waals surface area (Å²) < 4.78 is 63.9. The average molecular weight is 371 g/mol. The van der Waals surface area contributed by atoms with Gasteiger partial charge in [-0.2, -0.15) is 21.6 Å². The SMILES string of the molecule is O=C(NS(=O)(=O)C(F)(F)F)c1cccc(OC(=O)C(CO)CO)c1. The third-order valence-corrected chi connectivity index (χ3v) is 3.68. The number of hydrogen-bond acceptors (Lipinski definition) is 7. The molecular formula is C12H12F3NO7S. The lowest BCUT2D eigenvalue weighted by Crippen LogP contribution is -2.40. The molecule has 0 fully saturated rings. The van der Waals surface area contributed by atoms with Gasteiger partial charge in [-0.3, -0.25) is 9.59 Å². The Kier molecular flexibility index (Phi) is 6.29. The van der Waals surface area contributed by atoms with Crippen LogP contribution < -0.4 is 9.46 Å². The molecule has 0 saturated heterocycles. The van der Waals surface area contributed by atoms with Crippen molar-refractivity contribution in [3.63, 3.8) is 0 Å². The molecule has 0 saturated carbocycles. The molecule has 1 rings (SSSR count). The molecular weight excluding hydrogens is 359 g/mol. The maximum absolute atomic E-state index is 12.2. The number of rotatable bonds is 6. The molecule has 0 unspecified atom stereocenters. The van der Waals surface area contributed by atoms with Crippen LogP contribution in [0.3, 0.4) is 0 Å². The molecule has 1 aromatic carbocycles. The van der Waals surface area contributed by atoms with Gasteiger partial charge in [-0.25, -0.2) is 4.72 Å². The zero-order chi connectivity index (χ0) is 18.5. The standard InChI is InChI=1S/C12H12F3NO7S/c13-12(14,15)24(21,22)16-10(19)7-2-1-3-9(4-7)23-11(20)8(5-17)6-18/h1-4,8,17-18H,5-6H2,(H,16,19). The monoisotopic (exact) mass is 371 g/mol. The first-order chi connectivity index (χ1) is 11.0. The number of ether oxygens (including phenoxy) is 1. The fourth-order valence-corrected chi connectivity index (χ4v) is 1.82. The Morgan fingerprint density at radius 1 is 1.21 bits per heavy atom. The van der Waals surface area contributed by atoms with E-state index < -0.39 is 52.1 Å². The number of hydrogen-bond donors (Lipinski definition) is 3. The maximum atomic E-state index is 12.2. The number of alkyl halides is 3. The van der Waals surface area contributed by atoms with Crippen molar-refractivity contribution in [2.75, 3.05) is 13.2 Å². The summed E-state index contributed by atoms with van der Waals surface area (Å²) in [5.74, 6) is -4.15. The van der Waals surface area contributed by atoms with E-state index in [9.17, 15) is 31.2 Å². The van der Waals surface area contributed by atoms with Crippen LogP contribution in [0.4, 0.5) is 13.2 Å².